The van der Waals surface area contributed by atoms with Crippen molar-refractivity contribution in [3.63, 3.8) is 0 Å². The topological polar surface area (TPSA) is 99.5 Å². The van der Waals surface area contributed by atoms with Crippen molar-refractivity contribution in [3.8, 4) is 5.75 Å². The number of pyridine rings is 1. The van der Waals surface area contributed by atoms with Gasteiger partial charge in [0.05, 0.1) is 0 Å². The van der Waals surface area contributed by atoms with Gasteiger partial charge < -0.3 is 15.5 Å². The molecule has 98 valence electrons. The van der Waals surface area contributed by atoms with Crippen LogP contribution in [0, 0.1) is 0 Å². The Kier molecular flexibility index (Phi) is 5.63. The Hall–Kier alpha value is -2.11. The highest BCUT2D eigenvalue weighted by Crippen LogP contribution is 2.11. The van der Waals surface area contributed by atoms with E-state index in [4.69, 9.17) is 5.11 Å². The molecule has 0 aliphatic heterocycles. The molecule has 0 aromatic carbocycles. The molecule has 0 fully saturated rings. The number of carbonyl (C=O) groups is 2. The summed E-state index contributed by atoms with van der Waals surface area (Å²) in [4.78, 5) is 25.6. The average Bonchev–Trinajstić information content (AvgIpc) is 2.33. The SMILES string of the molecule is O=C(O)CCCCCNC(=O)c1ncccc1O. The van der Waals surface area contributed by atoms with Crippen molar-refractivity contribution in [2.45, 2.75) is 25.7 Å². The molecule has 1 aromatic rings. The molecule has 0 radical (unpaired) electrons. The van der Waals surface area contributed by atoms with Crippen LogP contribution in [0.1, 0.15) is 36.2 Å². The van der Waals surface area contributed by atoms with E-state index in [1.54, 1.807) is 0 Å². The molecule has 0 aliphatic carbocycles. The number of carboxylic acid groups (broad SMARTS) is 1. The summed E-state index contributed by atoms with van der Waals surface area (Å²) in [6.07, 6.45) is 3.61. The van der Waals surface area contributed by atoms with Crippen LogP contribution in [0.5, 0.6) is 5.75 Å². The number of aromatic nitrogens is 1. The number of rotatable bonds is 7. The van der Waals surface area contributed by atoms with Crippen LogP contribution in [0.15, 0.2) is 18.3 Å². The van der Waals surface area contributed by atoms with Gasteiger partial charge in [0.25, 0.3) is 5.91 Å². The third-order valence-corrected chi connectivity index (χ3v) is 2.35. The summed E-state index contributed by atoms with van der Waals surface area (Å²) in [5, 5.41) is 20.4. The van der Waals surface area contributed by atoms with E-state index in [-0.39, 0.29) is 17.9 Å². The van der Waals surface area contributed by atoms with Crippen molar-refractivity contribution in [1.82, 2.24) is 10.3 Å². The molecular formula is C12H16N2O4. The number of carboxylic acids is 1. The number of aromatic hydroxyl groups is 1. The van der Waals surface area contributed by atoms with Crippen LogP contribution in [-0.4, -0.2) is 33.6 Å². The van der Waals surface area contributed by atoms with Gasteiger partial charge in [-0.25, -0.2) is 4.98 Å². The second kappa shape index (κ2) is 7.26. The van der Waals surface area contributed by atoms with Crippen molar-refractivity contribution < 1.29 is 19.8 Å². The molecule has 6 nitrogen and oxygen atoms in total. The third-order valence-electron chi connectivity index (χ3n) is 2.35. The Bertz CT molecular complexity index is 420. The third kappa shape index (κ3) is 4.82. The molecule has 0 bridgehead atoms. The number of aliphatic carboxylic acids is 1. The minimum atomic E-state index is -0.808. The average molecular weight is 252 g/mol. The van der Waals surface area contributed by atoms with Crippen LogP contribution in [0.3, 0.4) is 0 Å². The highest BCUT2D eigenvalue weighted by molar-refractivity contribution is 5.94. The number of nitrogens with one attached hydrogen (secondary N) is 1. The van der Waals surface area contributed by atoms with E-state index >= 15 is 0 Å². The van der Waals surface area contributed by atoms with Crippen molar-refractivity contribution >= 4 is 11.9 Å². The second-order valence-corrected chi connectivity index (χ2v) is 3.83. The molecule has 1 rings (SSSR count). The smallest absolute Gasteiger partial charge is 0.303 e. The van der Waals surface area contributed by atoms with Crippen LogP contribution in [-0.2, 0) is 4.79 Å². The van der Waals surface area contributed by atoms with Crippen LogP contribution in [0.2, 0.25) is 0 Å². The molecule has 1 amide bonds. The Morgan fingerprint density at radius 2 is 2.06 bits per heavy atom. The van der Waals surface area contributed by atoms with E-state index in [0.717, 1.165) is 6.42 Å². The predicted octanol–water partition coefficient (Wildman–Crippen LogP) is 1.16. The summed E-state index contributed by atoms with van der Waals surface area (Å²) >= 11 is 0. The fraction of sp³-hybridized carbons (Fsp3) is 0.417. The number of amides is 1. The lowest BCUT2D eigenvalue weighted by molar-refractivity contribution is -0.137. The first-order chi connectivity index (χ1) is 8.61. The largest absolute Gasteiger partial charge is 0.505 e. The number of carbonyl (C=O) groups excluding carboxylic acids is 1. The number of hydrogen-bond donors (Lipinski definition) is 3. The fourth-order valence-electron chi connectivity index (χ4n) is 1.44. The second-order valence-electron chi connectivity index (χ2n) is 3.83. The molecule has 0 atom stereocenters. The van der Waals surface area contributed by atoms with Gasteiger partial charge in [-0.1, -0.05) is 6.42 Å². The van der Waals surface area contributed by atoms with Gasteiger partial charge in [-0.3, -0.25) is 9.59 Å². The minimum absolute atomic E-state index is 0.00281. The molecule has 0 spiro atoms. The highest BCUT2D eigenvalue weighted by Gasteiger charge is 2.10. The summed E-state index contributed by atoms with van der Waals surface area (Å²) in [6.45, 7) is 0.439. The van der Waals surface area contributed by atoms with Crippen molar-refractivity contribution in [2.75, 3.05) is 6.54 Å². The first-order valence-corrected chi connectivity index (χ1v) is 5.75. The quantitative estimate of drug-likeness (QED) is 0.632. The summed E-state index contributed by atoms with van der Waals surface area (Å²) in [5.41, 5.74) is 0.00281. The zero-order chi connectivity index (χ0) is 13.4. The Balaban J connectivity index is 2.22. The molecule has 0 unspecified atom stereocenters. The van der Waals surface area contributed by atoms with Gasteiger partial charge in [-0.05, 0) is 25.0 Å². The molecule has 0 saturated heterocycles. The van der Waals surface area contributed by atoms with Crippen molar-refractivity contribution in [3.05, 3.63) is 24.0 Å². The van der Waals surface area contributed by atoms with Gasteiger partial charge in [-0.15, -0.1) is 0 Å². The molecular weight excluding hydrogens is 236 g/mol. The molecule has 1 aromatic heterocycles. The van der Waals surface area contributed by atoms with Gasteiger partial charge in [-0.2, -0.15) is 0 Å². The lowest BCUT2D eigenvalue weighted by Crippen LogP contribution is -2.25. The minimum Gasteiger partial charge on any atom is -0.505 e. The molecule has 1 heterocycles. The zero-order valence-corrected chi connectivity index (χ0v) is 9.93. The molecule has 0 saturated carbocycles. The molecule has 0 aliphatic rings. The van der Waals surface area contributed by atoms with E-state index in [1.165, 1.54) is 18.3 Å². The van der Waals surface area contributed by atoms with E-state index in [1.807, 2.05) is 0 Å². The highest BCUT2D eigenvalue weighted by atomic mass is 16.4. The summed E-state index contributed by atoms with van der Waals surface area (Å²) in [5.74, 6) is -1.38. The number of nitrogens with zero attached hydrogens (tertiary/aromatic N) is 1. The van der Waals surface area contributed by atoms with Crippen molar-refractivity contribution in [1.29, 1.82) is 0 Å². The van der Waals surface area contributed by atoms with Gasteiger partial charge in [0, 0.05) is 19.2 Å². The zero-order valence-electron chi connectivity index (χ0n) is 9.93. The molecule has 6 heteroatoms. The number of hydrogen-bond acceptors (Lipinski definition) is 4. The summed E-state index contributed by atoms with van der Waals surface area (Å²) in [7, 11) is 0. The Labute approximate surface area is 105 Å². The Morgan fingerprint density at radius 3 is 2.72 bits per heavy atom. The maximum absolute atomic E-state index is 11.6. The predicted molar refractivity (Wildman–Crippen MR) is 64.3 cm³/mol. The van der Waals surface area contributed by atoms with E-state index in [2.05, 4.69) is 10.3 Å². The standard InChI is InChI=1S/C12H16N2O4/c15-9-5-4-8-13-11(9)12(18)14-7-3-1-2-6-10(16)17/h4-5,8,15H,1-3,6-7H2,(H,14,18)(H,16,17). The van der Waals surface area contributed by atoms with Crippen molar-refractivity contribution in [2.24, 2.45) is 0 Å². The Morgan fingerprint density at radius 1 is 1.28 bits per heavy atom. The van der Waals surface area contributed by atoms with E-state index in [0.29, 0.717) is 19.4 Å². The molecule has 18 heavy (non-hydrogen) atoms. The van der Waals surface area contributed by atoms with E-state index in [9.17, 15) is 14.7 Å². The number of unbranched alkanes of at least 4 members (excludes halogenated alkanes) is 2. The van der Waals surface area contributed by atoms with Gasteiger partial charge >= 0.3 is 5.97 Å². The van der Waals surface area contributed by atoms with Gasteiger partial charge in [0.2, 0.25) is 0 Å². The van der Waals surface area contributed by atoms with Gasteiger partial charge in [0.15, 0.2) is 5.69 Å². The maximum atomic E-state index is 11.6. The molecule has 3 N–H and O–H groups in total. The van der Waals surface area contributed by atoms with Crippen LogP contribution in [0.4, 0.5) is 0 Å². The van der Waals surface area contributed by atoms with Crippen LogP contribution in [0.25, 0.3) is 0 Å². The first-order valence-electron chi connectivity index (χ1n) is 5.75. The van der Waals surface area contributed by atoms with Crippen LogP contribution >= 0.6 is 0 Å². The van der Waals surface area contributed by atoms with Crippen LogP contribution < -0.4 is 5.32 Å². The normalized spacial score (nSPS) is 10.0. The lowest BCUT2D eigenvalue weighted by Gasteiger charge is -2.05. The lowest BCUT2D eigenvalue weighted by atomic mass is 10.2. The van der Waals surface area contributed by atoms with Gasteiger partial charge in [0.1, 0.15) is 5.75 Å². The van der Waals surface area contributed by atoms with E-state index < -0.39 is 11.9 Å². The maximum Gasteiger partial charge on any atom is 0.303 e. The monoisotopic (exact) mass is 252 g/mol. The fourth-order valence-corrected chi connectivity index (χ4v) is 1.44. The summed E-state index contributed by atoms with van der Waals surface area (Å²) in [6, 6.07) is 2.94. The summed E-state index contributed by atoms with van der Waals surface area (Å²) < 4.78 is 0. The first kappa shape index (κ1) is 14.0.